The van der Waals surface area contributed by atoms with Crippen LogP contribution in [0.15, 0.2) is 64.6 Å². The quantitative estimate of drug-likeness (QED) is 0.316. The summed E-state index contributed by atoms with van der Waals surface area (Å²) in [5.41, 5.74) is 16.5. The molecule has 1 aromatic carbocycles. The van der Waals surface area contributed by atoms with Crippen molar-refractivity contribution in [3.63, 3.8) is 0 Å². The summed E-state index contributed by atoms with van der Waals surface area (Å²) in [6.45, 7) is 12.3. The third-order valence-corrected chi connectivity index (χ3v) is 5.51. The minimum absolute atomic E-state index is 0.0609. The Hall–Kier alpha value is -3.88. The number of ether oxygens (including phenoxy) is 1. The fourth-order valence-corrected chi connectivity index (χ4v) is 3.47. The molecule has 7 nitrogen and oxygen atoms in total. The first-order valence-electron chi connectivity index (χ1n) is 13.1. The summed E-state index contributed by atoms with van der Waals surface area (Å²) in [7, 11) is 3.10. The third-order valence-electron chi connectivity index (χ3n) is 5.51. The van der Waals surface area contributed by atoms with E-state index in [1.54, 1.807) is 11.6 Å². The van der Waals surface area contributed by atoms with Gasteiger partial charge >= 0.3 is 0 Å². The summed E-state index contributed by atoms with van der Waals surface area (Å²) in [6.07, 6.45) is 7.87. The molecule has 0 radical (unpaired) electrons. The van der Waals surface area contributed by atoms with Crippen LogP contribution in [0.3, 0.4) is 0 Å². The standard InChI is InChI=1S/C15H20N2O.C11H12F2N2O2.2C2H6/c1-4-11-7-13(15(18)17(3)9-11)12-6-5-10(2)14(16)8-12;1-17-10(11(14)16)6-15-5-7-2-8(12)4-9(13)3-7;2*1-2/h7-9H,4-6,16H2,1-3H3;2-4,6,15H,5H2,1H3,(H2,14,16);2*1-2H3/b;10-6+;;. The summed E-state index contributed by atoms with van der Waals surface area (Å²) in [5, 5.41) is 2.67. The van der Waals surface area contributed by atoms with Gasteiger partial charge in [-0.25, -0.2) is 8.78 Å². The molecule has 39 heavy (non-hydrogen) atoms. The van der Waals surface area contributed by atoms with E-state index in [2.05, 4.69) is 17.0 Å². The Bertz CT molecular complexity index is 1210. The van der Waals surface area contributed by atoms with Gasteiger partial charge in [0.25, 0.3) is 11.5 Å². The minimum atomic E-state index is -0.731. The van der Waals surface area contributed by atoms with Crippen molar-refractivity contribution in [3.05, 3.63) is 98.4 Å². The third kappa shape index (κ3) is 11.6. The number of nitrogens with one attached hydrogen (secondary N) is 1. The molecule has 0 spiro atoms. The number of halogens is 2. The Morgan fingerprint density at radius 1 is 1.08 bits per heavy atom. The molecule has 0 fully saturated rings. The summed E-state index contributed by atoms with van der Waals surface area (Å²) in [6, 6.07) is 5.15. The summed E-state index contributed by atoms with van der Waals surface area (Å²) < 4.78 is 32.0. The first-order valence-corrected chi connectivity index (χ1v) is 13.1. The van der Waals surface area contributed by atoms with Gasteiger partial charge in [-0.3, -0.25) is 9.59 Å². The number of methoxy groups -OCH3 is 1. The van der Waals surface area contributed by atoms with E-state index < -0.39 is 17.5 Å². The van der Waals surface area contributed by atoms with Gasteiger partial charge in [0, 0.05) is 43.3 Å². The summed E-state index contributed by atoms with van der Waals surface area (Å²) >= 11 is 0. The maximum atomic E-state index is 12.8. The van der Waals surface area contributed by atoms with Crippen LogP contribution in [0.25, 0.3) is 5.57 Å². The SMILES string of the molecule is CC.CC.CCc1cc(C2=CC(N)=C(C)CC2)c(=O)n(C)c1.CO/C(=C/NCc1cc(F)cc(F)c1)C(N)=O. The molecule has 0 saturated carbocycles. The maximum Gasteiger partial charge on any atom is 0.285 e. The monoisotopic (exact) mass is 546 g/mol. The first-order chi connectivity index (χ1) is 18.5. The van der Waals surface area contributed by atoms with Crippen LogP contribution in [0.5, 0.6) is 0 Å². The number of nitrogens with two attached hydrogens (primary N) is 2. The van der Waals surface area contributed by atoms with Gasteiger partial charge in [-0.05, 0) is 67.2 Å². The summed E-state index contributed by atoms with van der Waals surface area (Å²) in [5.74, 6) is -2.12. The number of hydrogen-bond acceptors (Lipinski definition) is 5. The number of benzene rings is 1. The molecule has 0 bridgehead atoms. The zero-order valence-corrected chi connectivity index (χ0v) is 24.5. The fraction of sp³-hybridized carbons (Fsp3) is 0.400. The van der Waals surface area contributed by atoms with Crippen LogP contribution in [0.4, 0.5) is 8.78 Å². The highest BCUT2D eigenvalue weighted by Crippen LogP contribution is 2.27. The molecule has 2 aromatic rings. The molecule has 0 saturated heterocycles. The molecule has 1 amide bonds. The van der Waals surface area contributed by atoms with E-state index in [0.29, 0.717) is 5.56 Å². The molecule has 0 unspecified atom stereocenters. The topological polar surface area (TPSA) is 112 Å². The van der Waals surface area contributed by atoms with Crippen molar-refractivity contribution in [1.29, 1.82) is 0 Å². The Kier molecular flexibility index (Phi) is 16.6. The molecule has 9 heteroatoms. The Morgan fingerprint density at radius 3 is 2.15 bits per heavy atom. The van der Waals surface area contributed by atoms with E-state index in [1.807, 2.05) is 53.0 Å². The van der Waals surface area contributed by atoms with Crippen LogP contribution in [-0.4, -0.2) is 17.6 Å². The number of allylic oxidation sites excluding steroid dienone is 3. The first kappa shape index (κ1) is 35.1. The lowest BCUT2D eigenvalue weighted by Crippen LogP contribution is -2.21. The van der Waals surface area contributed by atoms with Gasteiger partial charge in [0.2, 0.25) is 0 Å². The van der Waals surface area contributed by atoms with Gasteiger partial charge < -0.3 is 26.1 Å². The fourth-order valence-electron chi connectivity index (χ4n) is 3.47. The second-order valence-electron chi connectivity index (χ2n) is 8.17. The average molecular weight is 547 g/mol. The van der Waals surface area contributed by atoms with Crippen molar-refractivity contribution in [2.24, 2.45) is 18.5 Å². The molecule has 1 aromatic heterocycles. The second kappa shape index (κ2) is 18.4. The van der Waals surface area contributed by atoms with E-state index in [0.717, 1.165) is 42.2 Å². The number of nitrogens with zero attached hydrogens (tertiary/aromatic N) is 1. The molecular weight excluding hydrogens is 502 g/mol. The van der Waals surface area contributed by atoms with Crippen molar-refractivity contribution in [2.75, 3.05) is 7.11 Å². The molecular formula is C30H44F2N4O3. The lowest BCUT2D eigenvalue weighted by molar-refractivity contribution is -0.117. The Morgan fingerprint density at radius 2 is 1.67 bits per heavy atom. The number of amides is 1. The lowest BCUT2D eigenvalue weighted by Gasteiger charge is -2.16. The van der Waals surface area contributed by atoms with Crippen LogP contribution in [0.1, 0.15) is 71.1 Å². The van der Waals surface area contributed by atoms with E-state index in [-0.39, 0.29) is 17.9 Å². The number of carbonyl (C=O) groups excluding carboxylic acids is 1. The highest BCUT2D eigenvalue weighted by atomic mass is 19.1. The highest BCUT2D eigenvalue weighted by Gasteiger charge is 2.14. The predicted molar refractivity (Wildman–Crippen MR) is 155 cm³/mol. The van der Waals surface area contributed by atoms with Crippen LogP contribution >= 0.6 is 0 Å². The van der Waals surface area contributed by atoms with Gasteiger partial charge in [-0.15, -0.1) is 0 Å². The van der Waals surface area contributed by atoms with Crippen molar-refractivity contribution < 1.29 is 18.3 Å². The molecule has 216 valence electrons. The number of rotatable bonds is 7. The van der Waals surface area contributed by atoms with E-state index in [9.17, 15) is 18.4 Å². The van der Waals surface area contributed by atoms with E-state index in [1.165, 1.54) is 36.6 Å². The van der Waals surface area contributed by atoms with Crippen molar-refractivity contribution in [3.8, 4) is 0 Å². The number of primary amides is 1. The highest BCUT2D eigenvalue weighted by molar-refractivity contribution is 5.89. The Balaban J connectivity index is 0.000000658. The zero-order valence-electron chi connectivity index (χ0n) is 24.5. The van der Waals surface area contributed by atoms with Gasteiger partial charge in [-0.2, -0.15) is 0 Å². The van der Waals surface area contributed by atoms with E-state index in [4.69, 9.17) is 11.5 Å². The van der Waals surface area contributed by atoms with Crippen LogP contribution < -0.4 is 22.3 Å². The predicted octanol–water partition coefficient (Wildman–Crippen LogP) is 5.44. The number of pyridine rings is 1. The average Bonchev–Trinajstić information content (AvgIpc) is 2.91. The van der Waals surface area contributed by atoms with Crippen molar-refractivity contribution >= 4 is 11.5 Å². The van der Waals surface area contributed by atoms with Gasteiger partial charge in [-0.1, -0.05) is 40.2 Å². The van der Waals surface area contributed by atoms with Crippen LogP contribution in [0, 0.1) is 11.6 Å². The Labute approximate surface area is 231 Å². The smallest absolute Gasteiger partial charge is 0.285 e. The number of aromatic nitrogens is 1. The lowest BCUT2D eigenvalue weighted by atomic mass is 9.92. The van der Waals surface area contributed by atoms with Gasteiger partial charge in [0.15, 0.2) is 5.76 Å². The number of aryl methyl sites for hydroxylation is 2. The van der Waals surface area contributed by atoms with Crippen LogP contribution in [-0.2, 0) is 29.5 Å². The molecule has 1 aliphatic rings. The van der Waals surface area contributed by atoms with Crippen molar-refractivity contribution in [2.45, 2.75) is 67.3 Å². The van der Waals surface area contributed by atoms with Crippen LogP contribution in [0.2, 0.25) is 0 Å². The number of carbonyl (C=O) groups is 1. The molecule has 5 N–H and O–H groups in total. The molecule has 1 heterocycles. The van der Waals surface area contributed by atoms with Gasteiger partial charge in [0.05, 0.1) is 7.11 Å². The van der Waals surface area contributed by atoms with Crippen molar-refractivity contribution in [1.82, 2.24) is 9.88 Å². The maximum absolute atomic E-state index is 12.8. The second-order valence-corrected chi connectivity index (χ2v) is 8.17. The molecule has 0 atom stereocenters. The summed E-state index contributed by atoms with van der Waals surface area (Å²) in [4.78, 5) is 22.9. The molecule has 1 aliphatic carbocycles. The molecule has 3 rings (SSSR count). The normalized spacial score (nSPS) is 12.5. The van der Waals surface area contributed by atoms with Gasteiger partial charge in [0.1, 0.15) is 11.6 Å². The zero-order chi connectivity index (χ0) is 30.1. The number of hydrogen-bond donors (Lipinski definition) is 3. The minimum Gasteiger partial charge on any atom is -0.490 e. The molecule has 0 aliphatic heterocycles. The van der Waals surface area contributed by atoms with E-state index >= 15 is 0 Å². The largest absolute Gasteiger partial charge is 0.490 e.